The van der Waals surface area contributed by atoms with E-state index in [0.717, 1.165) is 38.7 Å². The Morgan fingerprint density at radius 2 is 1.81 bits per heavy atom. The van der Waals surface area contributed by atoms with Gasteiger partial charge in [-0.25, -0.2) is 0 Å². The zero-order chi connectivity index (χ0) is 18.7. The molecule has 0 unspecified atom stereocenters. The number of carbonyl (C=O) groups excluding carboxylic acids is 1. The van der Waals surface area contributed by atoms with Gasteiger partial charge >= 0.3 is 0 Å². The van der Waals surface area contributed by atoms with Crippen molar-refractivity contribution in [3.8, 4) is 0 Å². The van der Waals surface area contributed by atoms with Crippen molar-refractivity contribution in [3.63, 3.8) is 0 Å². The number of nitrogens with one attached hydrogen (secondary N) is 1. The Bertz CT molecular complexity index is 581. The first kappa shape index (κ1) is 20.0. The van der Waals surface area contributed by atoms with Crippen LogP contribution in [0.2, 0.25) is 0 Å². The zero-order valence-electron chi connectivity index (χ0n) is 16.0. The predicted octanol–water partition coefficient (Wildman–Crippen LogP) is 1.22. The van der Waals surface area contributed by atoms with E-state index in [4.69, 9.17) is 4.74 Å². The largest absolute Gasteiger partial charge is 0.376 e. The number of hydrogen-bond donors (Lipinski definition) is 1. The topological polar surface area (TPSA) is 79.0 Å². The van der Waals surface area contributed by atoms with E-state index in [1.165, 1.54) is 4.31 Å². The summed E-state index contributed by atoms with van der Waals surface area (Å²) in [6, 6.07) is 0. The van der Waals surface area contributed by atoms with Gasteiger partial charge in [0.15, 0.2) is 0 Å². The Hall–Kier alpha value is -0.700. The number of nitrogens with zero attached hydrogens (tertiary/aromatic N) is 2. The lowest BCUT2D eigenvalue weighted by atomic mass is 9.94. The number of amides is 1. The van der Waals surface area contributed by atoms with Crippen molar-refractivity contribution in [3.05, 3.63) is 0 Å². The van der Waals surface area contributed by atoms with Crippen LogP contribution < -0.4 is 5.32 Å². The van der Waals surface area contributed by atoms with Crippen molar-refractivity contribution in [2.75, 3.05) is 39.3 Å². The lowest BCUT2D eigenvalue weighted by Gasteiger charge is -2.39. The minimum atomic E-state index is -3.49. The summed E-state index contributed by atoms with van der Waals surface area (Å²) in [7, 11) is -3.49. The van der Waals surface area contributed by atoms with Gasteiger partial charge in [0.25, 0.3) is 10.2 Å². The van der Waals surface area contributed by atoms with Crippen LogP contribution in [-0.2, 0) is 19.7 Å². The third-order valence-electron chi connectivity index (χ3n) is 5.77. The van der Waals surface area contributed by atoms with Crippen molar-refractivity contribution in [2.24, 2.45) is 17.8 Å². The van der Waals surface area contributed by atoms with E-state index in [2.05, 4.69) is 19.2 Å². The molecule has 0 saturated carbocycles. The van der Waals surface area contributed by atoms with Crippen LogP contribution in [-0.4, -0.2) is 68.4 Å². The monoisotopic (exact) mass is 387 g/mol. The summed E-state index contributed by atoms with van der Waals surface area (Å²) in [5, 5.41) is 2.96. The molecule has 0 aromatic heterocycles. The van der Waals surface area contributed by atoms with Gasteiger partial charge in [0.1, 0.15) is 0 Å². The van der Waals surface area contributed by atoms with Crippen molar-refractivity contribution in [1.29, 1.82) is 0 Å². The lowest BCUT2D eigenvalue weighted by Crippen LogP contribution is -2.53. The van der Waals surface area contributed by atoms with Gasteiger partial charge in [-0.05, 0) is 43.9 Å². The third kappa shape index (κ3) is 4.77. The van der Waals surface area contributed by atoms with Crippen molar-refractivity contribution in [1.82, 2.24) is 13.9 Å². The molecule has 3 aliphatic heterocycles. The molecule has 8 heteroatoms. The van der Waals surface area contributed by atoms with Gasteiger partial charge in [0.2, 0.25) is 5.91 Å². The Morgan fingerprint density at radius 3 is 2.46 bits per heavy atom. The molecule has 4 atom stereocenters. The maximum Gasteiger partial charge on any atom is 0.282 e. The van der Waals surface area contributed by atoms with Crippen molar-refractivity contribution in [2.45, 2.75) is 52.1 Å². The van der Waals surface area contributed by atoms with Crippen molar-refractivity contribution >= 4 is 16.1 Å². The lowest BCUT2D eigenvalue weighted by molar-refractivity contribution is -0.126. The Balaban J connectivity index is 1.57. The van der Waals surface area contributed by atoms with Crippen LogP contribution in [0, 0.1) is 17.8 Å². The summed E-state index contributed by atoms with van der Waals surface area (Å²) in [6.07, 6.45) is 4.69. The Morgan fingerprint density at radius 1 is 1.08 bits per heavy atom. The fourth-order valence-corrected chi connectivity index (χ4v) is 6.43. The number of piperidine rings is 2. The molecule has 0 aromatic rings. The Labute approximate surface area is 157 Å². The second-order valence-electron chi connectivity index (χ2n) is 8.35. The van der Waals surface area contributed by atoms with Gasteiger partial charge in [-0.1, -0.05) is 13.8 Å². The standard InChI is InChI=1S/C18H33N3O4S/c1-14-9-15(2)12-21(11-14)26(23,24)20-7-3-5-16(13-20)18(22)19-10-17-6-4-8-25-17/h14-17H,3-13H2,1-2H3,(H,19,22)/t14-,15+,16-,17-/m0/s1. The first-order valence-corrected chi connectivity index (χ1v) is 11.4. The number of carbonyl (C=O) groups is 1. The van der Waals surface area contributed by atoms with E-state index in [0.29, 0.717) is 44.6 Å². The van der Waals surface area contributed by atoms with Crippen LogP contribution in [0.25, 0.3) is 0 Å². The highest BCUT2D eigenvalue weighted by Gasteiger charge is 2.38. The summed E-state index contributed by atoms with van der Waals surface area (Å²) < 4.78 is 34.8. The van der Waals surface area contributed by atoms with Gasteiger partial charge in [0.05, 0.1) is 12.0 Å². The number of rotatable bonds is 5. The molecule has 0 aliphatic carbocycles. The Kier molecular flexibility index (Phi) is 6.59. The second kappa shape index (κ2) is 8.54. The molecule has 1 amide bonds. The fourth-order valence-electron chi connectivity index (χ4n) is 4.49. The molecule has 0 bridgehead atoms. The SMILES string of the molecule is C[C@@H]1C[C@H](C)CN(S(=O)(=O)N2CCC[C@H](C(=O)NC[C@@H]3CCCO3)C2)C1. The summed E-state index contributed by atoms with van der Waals surface area (Å²) >= 11 is 0. The molecule has 3 heterocycles. The molecule has 150 valence electrons. The van der Waals surface area contributed by atoms with Crippen molar-refractivity contribution < 1.29 is 17.9 Å². The molecular weight excluding hydrogens is 354 g/mol. The average molecular weight is 388 g/mol. The fraction of sp³-hybridized carbons (Fsp3) is 0.944. The summed E-state index contributed by atoms with van der Waals surface area (Å²) in [4.78, 5) is 12.5. The first-order chi connectivity index (χ1) is 12.4. The first-order valence-electron chi connectivity index (χ1n) is 10.0. The highest BCUT2D eigenvalue weighted by atomic mass is 32.2. The highest BCUT2D eigenvalue weighted by Crippen LogP contribution is 2.27. The van der Waals surface area contributed by atoms with E-state index in [1.807, 2.05) is 0 Å². The van der Waals surface area contributed by atoms with Gasteiger partial charge in [-0.2, -0.15) is 17.0 Å². The summed E-state index contributed by atoms with van der Waals surface area (Å²) in [6.45, 7) is 7.48. The molecule has 1 N–H and O–H groups in total. The quantitative estimate of drug-likeness (QED) is 0.769. The number of hydrogen-bond acceptors (Lipinski definition) is 4. The van der Waals surface area contributed by atoms with Gasteiger partial charge in [-0.15, -0.1) is 0 Å². The van der Waals surface area contributed by atoms with E-state index in [9.17, 15) is 13.2 Å². The molecule has 3 saturated heterocycles. The molecule has 3 rings (SSSR count). The summed E-state index contributed by atoms with van der Waals surface area (Å²) in [5.74, 6) is 0.452. The minimum Gasteiger partial charge on any atom is -0.376 e. The van der Waals surface area contributed by atoms with Crippen LogP contribution in [0.15, 0.2) is 0 Å². The van der Waals surface area contributed by atoms with Gasteiger partial charge in [-0.3, -0.25) is 4.79 Å². The smallest absolute Gasteiger partial charge is 0.282 e. The minimum absolute atomic E-state index is 0.0409. The number of ether oxygens (including phenoxy) is 1. The molecule has 3 aliphatic rings. The van der Waals surface area contributed by atoms with E-state index >= 15 is 0 Å². The van der Waals surface area contributed by atoms with E-state index in [-0.39, 0.29) is 17.9 Å². The second-order valence-corrected chi connectivity index (χ2v) is 10.3. The van der Waals surface area contributed by atoms with E-state index in [1.54, 1.807) is 4.31 Å². The molecule has 0 radical (unpaired) electrons. The predicted molar refractivity (Wildman–Crippen MR) is 99.7 cm³/mol. The van der Waals surface area contributed by atoms with Crippen LogP contribution in [0.5, 0.6) is 0 Å². The molecular formula is C18H33N3O4S. The molecule has 26 heavy (non-hydrogen) atoms. The maximum absolute atomic E-state index is 13.1. The average Bonchev–Trinajstić information content (AvgIpc) is 3.12. The van der Waals surface area contributed by atoms with Crippen LogP contribution in [0.1, 0.15) is 46.0 Å². The molecule has 0 aromatic carbocycles. The van der Waals surface area contributed by atoms with Crippen LogP contribution in [0.4, 0.5) is 0 Å². The molecule has 7 nitrogen and oxygen atoms in total. The van der Waals surface area contributed by atoms with Gasteiger partial charge in [0, 0.05) is 39.3 Å². The summed E-state index contributed by atoms with van der Waals surface area (Å²) in [5.41, 5.74) is 0. The highest BCUT2D eigenvalue weighted by molar-refractivity contribution is 7.86. The van der Waals surface area contributed by atoms with Crippen LogP contribution in [0.3, 0.4) is 0 Å². The van der Waals surface area contributed by atoms with E-state index < -0.39 is 10.2 Å². The third-order valence-corrected chi connectivity index (χ3v) is 7.71. The maximum atomic E-state index is 13.1. The molecule has 0 spiro atoms. The molecule has 3 fully saturated rings. The van der Waals surface area contributed by atoms with Crippen LogP contribution >= 0.6 is 0 Å². The normalized spacial score (nSPS) is 34.7. The van der Waals surface area contributed by atoms with Gasteiger partial charge < -0.3 is 10.1 Å². The zero-order valence-corrected chi connectivity index (χ0v) is 16.8.